The van der Waals surface area contributed by atoms with E-state index < -0.39 is 0 Å². The molecule has 0 radical (unpaired) electrons. The Kier molecular flexibility index (Phi) is 5.51. The highest BCUT2D eigenvalue weighted by molar-refractivity contribution is 9.10. The molecule has 5 heteroatoms. The summed E-state index contributed by atoms with van der Waals surface area (Å²) in [6.45, 7) is 2.88. The van der Waals surface area contributed by atoms with Gasteiger partial charge in [-0.25, -0.2) is 0 Å². The predicted molar refractivity (Wildman–Crippen MR) is 81.1 cm³/mol. The van der Waals surface area contributed by atoms with E-state index in [2.05, 4.69) is 28.2 Å². The molecule has 0 bridgehead atoms. The van der Waals surface area contributed by atoms with Crippen molar-refractivity contribution in [3.05, 3.63) is 27.7 Å². The van der Waals surface area contributed by atoms with Crippen molar-refractivity contribution in [3.63, 3.8) is 0 Å². The number of rotatable bonds is 6. The molecule has 1 aliphatic carbocycles. The van der Waals surface area contributed by atoms with Gasteiger partial charge in [0.25, 0.3) is 0 Å². The second kappa shape index (κ2) is 6.93. The second-order valence-electron chi connectivity index (χ2n) is 4.70. The van der Waals surface area contributed by atoms with Crippen LogP contribution in [0.15, 0.2) is 22.7 Å². The van der Waals surface area contributed by atoms with Crippen LogP contribution in [-0.4, -0.2) is 31.9 Å². The molecule has 106 valence electrons. The molecule has 3 unspecified atom stereocenters. The molecule has 0 saturated heterocycles. The smallest absolute Gasteiger partial charge is 0.134 e. The van der Waals surface area contributed by atoms with Crippen LogP contribution in [-0.2, 0) is 4.74 Å². The van der Waals surface area contributed by atoms with Crippen LogP contribution in [0.4, 0.5) is 0 Å². The van der Waals surface area contributed by atoms with Gasteiger partial charge < -0.3 is 14.8 Å². The quantitative estimate of drug-likeness (QED) is 0.851. The number of hydrogen-bond acceptors (Lipinski definition) is 3. The van der Waals surface area contributed by atoms with E-state index in [0.717, 1.165) is 29.7 Å². The first kappa shape index (κ1) is 15.1. The van der Waals surface area contributed by atoms with Crippen molar-refractivity contribution in [1.82, 2.24) is 5.32 Å². The average Bonchev–Trinajstić information content (AvgIpc) is 2.36. The Hall–Kier alpha value is -0.290. The van der Waals surface area contributed by atoms with Gasteiger partial charge in [0.1, 0.15) is 18.0 Å². The van der Waals surface area contributed by atoms with Crippen molar-refractivity contribution in [2.24, 2.45) is 0 Å². The first-order chi connectivity index (χ1) is 9.15. The van der Waals surface area contributed by atoms with E-state index in [-0.39, 0.29) is 12.2 Å². The molecule has 2 rings (SSSR count). The molecule has 0 aliphatic heterocycles. The fourth-order valence-electron chi connectivity index (χ4n) is 2.19. The van der Waals surface area contributed by atoms with Crippen LogP contribution in [0.3, 0.4) is 0 Å². The van der Waals surface area contributed by atoms with Crippen molar-refractivity contribution in [3.8, 4) is 5.75 Å². The van der Waals surface area contributed by atoms with Crippen LogP contribution in [0.5, 0.6) is 5.75 Å². The third-order valence-corrected chi connectivity index (χ3v) is 4.16. The van der Waals surface area contributed by atoms with Gasteiger partial charge in [0.2, 0.25) is 0 Å². The number of hydrogen-bond donors (Lipinski definition) is 1. The summed E-state index contributed by atoms with van der Waals surface area (Å²) in [5, 5.41) is 3.96. The number of nitrogens with one attached hydrogen (secondary N) is 1. The number of benzene rings is 1. The highest BCUT2D eigenvalue weighted by atomic mass is 79.9. The largest absolute Gasteiger partial charge is 0.486 e. The van der Waals surface area contributed by atoms with E-state index >= 15 is 0 Å². The van der Waals surface area contributed by atoms with Gasteiger partial charge in [0, 0.05) is 24.1 Å². The zero-order chi connectivity index (χ0) is 13.8. The Morgan fingerprint density at radius 2 is 2.26 bits per heavy atom. The summed E-state index contributed by atoms with van der Waals surface area (Å²) >= 11 is 9.39. The molecule has 0 spiro atoms. The van der Waals surface area contributed by atoms with Gasteiger partial charge in [-0.2, -0.15) is 0 Å². The van der Waals surface area contributed by atoms with E-state index in [9.17, 15) is 0 Å². The lowest BCUT2D eigenvalue weighted by Gasteiger charge is -2.43. The standard InChI is InChI=1S/C14H19BrClNO2/c1-3-6-18-14-11(17-2)8-13(14)19-12-5-4-9(16)7-10(12)15/h4-5,7,11,13-14,17H,3,6,8H2,1-2H3. The highest BCUT2D eigenvalue weighted by Crippen LogP contribution is 2.34. The molecule has 3 nitrogen and oxygen atoms in total. The van der Waals surface area contributed by atoms with Gasteiger partial charge in [-0.1, -0.05) is 18.5 Å². The summed E-state index contributed by atoms with van der Waals surface area (Å²) in [4.78, 5) is 0. The molecular formula is C14H19BrClNO2. The van der Waals surface area contributed by atoms with Crippen LogP contribution in [0.25, 0.3) is 0 Å². The zero-order valence-electron chi connectivity index (χ0n) is 11.2. The molecule has 0 aromatic heterocycles. The lowest BCUT2D eigenvalue weighted by molar-refractivity contribution is -0.106. The van der Waals surface area contributed by atoms with Crippen molar-refractivity contribution in [1.29, 1.82) is 0 Å². The molecule has 1 fully saturated rings. The average molecular weight is 349 g/mol. The van der Waals surface area contributed by atoms with Crippen LogP contribution >= 0.6 is 27.5 Å². The SMILES string of the molecule is CCCOC1C(NC)CC1Oc1ccc(Cl)cc1Br. The zero-order valence-corrected chi connectivity index (χ0v) is 13.5. The summed E-state index contributed by atoms with van der Waals surface area (Å²) in [6.07, 6.45) is 2.19. The molecule has 3 atom stereocenters. The fraction of sp³-hybridized carbons (Fsp3) is 0.571. The molecular weight excluding hydrogens is 330 g/mol. The minimum atomic E-state index is 0.0986. The summed E-state index contributed by atoms with van der Waals surface area (Å²) in [6, 6.07) is 5.93. The molecule has 1 aromatic carbocycles. The van der Waals surface area contributed by atoms with E-state index in [4.69, 9.17) is 21.1 Å². The maximum Gasteiger partial charge on any atom is 0.134 e. The van der Waals surface area contributed by atoms with Crippen LogP contribution in [0.2, 0.25) is 5.02 Å². The lowest BCUT2D eigenvalue weighted by Crippen LogP contribution is -2.60. The third-order valence-electron chi connectivity index (χ3n) is 3.31. The van der Waals surface area contributed by atoms with Crippen molar-refractivity contribution in [2.75, 3.05) is 13.7 Å². The van der Waals surface area contributed by atoms with E-state index in [1.807, 2.05) is 25.2 Å². The first-order valence-electron chi connectivity index (χ1n) is 6.56. The molecule has 0 amide bonds. The lowest BCUT2D eigenvalue weighted by atomic mass is 9.85. The highest BCUT2D eigenvalue weighted by Gasteiger charge is 2.43. The van der Waals surface area contributed by atoms with E-state index in [0.29, 0.717) is 11.1 Å². The monoisotopic (exact) mass is 347 g/mol. The topological polar surface area (TPSA) is 30.5 Å². The van der Waals surface area contributed by atoms with Crippen LogP contribution in [0.1, 0.15) is 19.8 Å². The second-order valence-corrected chi connectivity index (χ2v) is 5.99. The number of halogens is 2. The van der Waals surface area contributed by atoms with Gasteiger partial charge in [-0.05, 0) is 47.6 Å². The van der Waals surface area contributed by atoms with E-state index in [1.54, 1.807) is 0 Å². The molecule has 1 saturated carbocycles. The first-order valence-corrected chi connectivity index (χ1v) is 7.73. The van der Waals surface area contributed by atoms with Gasteiger partial charge >= 0.3 is 0 Å². The summed E-state index contributed by atoms with van der Waals surface area (Å²) in [7, 11) is 1.96. The Bertz CT molecular complexity index is 430. The molecule has 0 heterocycles. The Balaban J connectivity index is 1.98. The van der Waals surface area contributed by atoms with Gasteiger partial charge in [-0.3, -0.25) is 0 Å². The summed E-state index contributed by atoms with van der Waals surface area (Å²) in [5.74, 6) is 0.814. The number of likely N-dealkylation sites (N-methyl/N-ethyl adjacent to an activating group) is 1. The Morgan fingerprint density at radius 3 is 2.89 bits per heavy atom. The van der Waals surface area contributed by atoms with Gasteiger partial charge in [-0.15, -0.1) is 0 Å². The molecule has 1 aromatic rings. The van der Waals surface area contributed by atoms with E-state index in [1.165, 1.54) is 0 Å². The number of ether oxygens (including phenoxy) is 2. The predicted octanol–water partition coefficient (Wildman–Crippen LogP) is 3.64. The summed E-state index contributed by atoms with van der Waals surface area (Å²) in [5.41, 5.74) is 0. The van der Waals surface area contributed by atoms with Gasteiger partial charge in [0.05, 0.1) is 4.47 Å². The Labute approximate surface area is 127 Å². The van der Waals surface area contributed by atoms with Crippen LogP contribution in [0, 0.1) is 0 Å². The molecule has 1 aliphatic rings. The normalized spacial score (nSPS) is 26.0. The molecule has 1 N–H and O–H groups in total. The minimum Gasteiger partial charge on any atom is -0.486 e. The molecule has 19 heavy (non-hydrogen) atoms. The van der Waals surface area contributed by atoms with Crippen molar-refractivity contribution in [2.45, 2.75) is 38.0 Å². The van der Waals surface area contributed by atoms with Crippen molar-refractivity contribution >= 4 is 27.5 Å². The Morgan fingerprint density at radius 1 is 1.47 bits per heavy atom. The van der Waals surface area contributed by atoms with Gasteiger partial charge in [0.15, 0.2) is 0 Å². The maximum absolute atomic E-state index is 6.01. The minimum absolute atomic E-state index is 0.0986. The van der Waals surface area contributed by atoms with Crippen LogP contribution < -0.4 is 10.1 Å². The maximum atomic E-state index is 6.01. The summed E-state index contributed by atoms with van der Waals surface area (Å²) < 4.78 is 12.7. The van der Waals surface area contributed by atoms with Crippen molar-refractivity contribution < 1.29 is 9.47 Å². The third kappa shape index (κ3) is 3.63. The fourth-order valence-corrected chi connectivity index (χ4v) is 2.97.